The first kappa shape index (κ1) is 13.0. The van der Waals surface area contributed by atoms with E-state index in [1.165, 1.54) is 0 Å². The first-order valence-corrected chi connectivity index (χ1v) is 5.82. The average Bonchev–Trinajstić information content (AvgIpc) is 2.21. The van der Waals surface area contributed by atoms with E-state index < -0.39 is 44.2 Å². The van der Waals surface area contributed by atoms with Crippen molar-refractivity contribution < 1.29 is 48.5 Å². The highest BCUT2D eigenvalue weighted by Crippen LogP contribution is 2.70. The van der Waals surface area contributed by atoms with Crippen molar-refractivity contribution in [1.29, 1.82) is 0 Å². The van der Waals surface area contributed by atoms with Crippen LogP contribution in [0.15, 0.2) is 0 Å². The molecule has 0 radical (unpaired) electrons. The summed E-state index contributed by atoms with van der Waals surface area (Å²) in [7, 11) is -4.35. The summed E-state index contributed by atoms with van der Waals surface area (Å²) in [5.41, 5.74) is 0. The molecule has 0 unspecified atom stereocenters. The monoisotopic (exact) mass is 272 g/mol. The molecule has 5 N–H and O–H groups in total. The van der Waals surface area contributed by atoms with E-state index in [-0.39, 0.29) is 0 Å². The third-order valence-corrected chi connectivity index (χ3v) is 3.73. The molecule has 3 aliphatic heterocycles. The number of fused-ring (bicyclic) bond motifs is 2. The van der Waals surface area contributed by atoms with Crippen molar-refractivity contribution in [3.63, 3.8) is 0 Å². The van der Waals surface area contributed by atoms with Gasteiger partial charge in [0.2, 0.25) is 0 Å². The summed E-state index contributed by atoms with van der Waals surface area (Å²) in [6, 6.07) is 0. The molecule has 0 amide bonds. The van der Waals surface area contributed by atoms with Crippen LogP contribution in [0.5, 0.6) is 0 Å². The second kappa shape index (κ2) is 3.54. The van der Waals surface area contributed by atoms with Crippen molar-refractivity contribution in [3.8, 4) is 0 Å². The summed E-state index contributed by atoms with van der Waals surface area (Å²) >= 11 is 0. The van der Waals surface area contributed by atoms with Gasteiger partial charge in [0.1, 0.15) is 12.2 Å². The summed E-state index contributed by atoms with van der Waals surface area (Å²) in [4.78, 5) is 11.5. The molecule has 3 atom stereocenters. The number of carbonyl (C=O) groups is 1. The van der Waals surface area contributed by atoms with Gasteiger partial charge in [-0.25, -0.2) is 18.1 Å². The summed E-state index contributed by atoms with van der Waals surface area (Å²) in [6.45, 7) is -1.01. The Morgan fingerprint density at radius 3 is 2.24 bits per heavy atom. The largest absolute Gasteiger partial charge is 0.487 e. The number of rotatable bonds is 3. The van der Waals surface area contributed by atoms with Crippen LogP contribution in [0.4, 0.5) is 0 Å². The van der Waals surface area contributed by atoms with Crippen LogP contribution >= 0.6 is 7.82 Å². The molecule has 2 bridgehead atoms. The minimum atomic E-state index is -4.35. The zero-order chi connectivity index (χ0) is 13.1. The molecule has 17 heavy (non-hydrogen) atoms. The molecule has 3 heterocycles. The molecule has 3 fully saturated rings. The van der Waals surface area contributed by atoms with Crippen molar-refractivity contribution in [1.82, 2.24) is 0 Å². The summed E-state index contributed by atoms with van der Waals surface area (Å²) < 4.78 is 23.8. The maximum atomic E-state index is 11.5. The Labute approximate surface area is 93.6 Å². The first-order valence-electron chi connectivity index (χ1n) is 4.36. The molecular formula is C6H9O10P. The van der Waals surface area contributed by atoms with Crippen LogP contribution in [0.2, 0.25) is 0 Å². The fourth-order valence-electron chi connectivity index (χ4n) is 1.42. The Kier molecular flexibility index (Phi) is 2.71. The number of ketones is 1. The normalized spacial score (nSPS) is 48.4. The molecular weight excluding hydrogens is 263 g/mol. The predicted octanol–water partition coefficient (Wildman–Crippen LogP) is -3.21. The van der Waals surface area contributed by atoms with Gasteiger partial charge in [0, 0.05) is 0 Å². The lowest BCUT2D eigenvalue weighted by atomic mass is 9.99. The van der Waals surface area contributed by atoms with Crippen LogP contribution < -0.4 is 0 Å². The molecule has 0 aliphatic carbocycles. The summed E-state index contributed by atoms with van der Waals surface area (Å²) in [5, 5.41) is 45.9. The number of phosphoric ester groups is 1. The number of aliphatic hydroxyl groups excluding tert-OH is 3. The molecule has 3 rings (SSSR count). The van der Waals surface area contributed by atoms with Crippen LogP contribution in [0.25, 0.3) is 0 Å². The quantitative estimate of drug-likeness (QED) is 0.330. The van der Waals surface area contributed by atoms with Crippen LogP contribution in [-0.2, 0) is 22.9 Å². The van der Waals surface area contributed by atoms with Crippen LogP contribution in [0.1, 0.15) is 0 Å². The highest BCUT2D eigenvalue weighted by molar-refractivity contribution is 7.50. The molecule has 98 valence electrons. The number of Topliss-reactive ketones (excluding diaryl/α,β-unsaturated/α-hetero) is 1. The topological polar surface area (TPSA) is 163 Å². The summed E-state index contributed by atoms with van der Waals surface area (Å²) in [5.74, 6) is -7.87. The maximum absolute atomic E-state index is 11.5. The molecule has 11 heteroatoms. The van der Waals surface area contributed by atoms with Gasteiger partial charge in [-0.05, 0) is 0 Å². The van der Waals surface area contributed by atoms with E-state index in [0.717, 1.165) is 0 Å². The molecule has 0 saturated carbocycles. The fraction of sp³-hybridized carbons (Fsp3) is 0.833. The minimum Gasteiger partial charge on any atom is -0.394 e. The summed E-state index contributed by atoms with van der Waals surface area (Å²) in [6.07, 6.45) is -4.30. The lowest BCUT2D eigenvalue weighted by Gasteiger charge is -2.50. The van der Waals surface area contributed by atoms with Crippen molar-refractivity contribution in [2.75, 3.05) is 6.61 Å². The molecule has 10 nitrogen and oxygen atoms in total. The second-order valence-corrected chi connectivity index (χ2v) is 4.97. The Hall–Kier alpha value is -0.420. The van der Waals surface area contributed by atoms with Gasteiger partial charge in [-0.3, -0.25) is 4.79 Å². The smallest absolute Gasteiger partial charge is 0.394 e. The Morgan fingerprint density at radius 1 is 1.24 bits per heavy atom. The number of hydrogen-bond donors (Lipinski definition) is 5. The van der Waals surface area contributed by atoms with Gasteiger partial charge in [-0.1, -0.05) is 0 Å². The highest BCUT2D eigenvalue weighted by Gasteiger charge is 2.77. The van der Waals surface area contributed by atoms with E-state index in [1.54, 1.807) is 0 Å². The zero-order valence-corrected chi connectivity index (χ0v) is 8.98. The van der Waals surface area contributed by atoms with Gasteiger partial charge >= 0.3 is 13.8 Å². The van der Waals surface area contributed by atoms with Crippen molar-refractivity contribution in [2.45, 2.75) is 24.0 Å². The molecule has 0 aromatic heterocycles. The van der Waals surface area contributed by atoms with Crippen LogP contribution in [-0.4, -0.2) is 61.9 Å². The van der Waals surface area contributed by atoms with E-state index in [0.29, 0.717) is 0 Å². The van der Waals surface area contributed by atoms with Crippen molar-refractivity contribution in [2.24, 2.45) is 0 Å². The van der Waals surface area contributed by atoms with Gasteiger partial charge < -0.3 is 25.5 Å². The molecule has 0 spiro atoms. The van der Waals surface area contributed by atoms with Crippen LogP contribution in [0.3, 0.4) is 0 Å². The van der Waals surface area contributed by atoms with Gasteiger partial charge in [-0.2, -0.15) is 0 Å². The van der Waals surface area contributed by atoms with Gasteiger partial charge in [0.15, 0.2) is 0 Å². The number of phosphoric acid groups is 1. The van der Waals surface area contributed by atoms with Gasteiger partial charge in [-0.15, -0.1) is 0 Å². The van der Waals surface area contributed by atoms with E-state index >= 15 is 0 Å². The molecule has 0 aromatic carbocycles. The number of hydrogen-bond acceptors (Lipinski definition) is 10. The molecule has 3 aliphatic rings. The van der Waals surface area contributed by atoms with E-state index in [1.807, 2.05) is 0 Å². The highest BCUT2D eigenvalue weighted by atomic mass is 31.2. The van der Waals surface area contributed by atoms with E-state index in [2.05, 4.69) is 13.6 Å². The Morgan fingerprint density at radius 2 is 1.76 bits per heavy atom. The third kappa shape index (κ3) is 1.66. The van der Waals surface area contributed by atoms with Crippen LogP contribution in [0, 0.1) is 0 Å². The lowest BCUT2D eigenvalue weighted by Crippen LogP contribution is -2.71. The standard InChI is InChI=1S/C6H9O10P/c7-1-2(8)3(9)5(11)4(10)6(12)15-17(13,14-5)16-6/h2-3,7-9,11-12H,1H2/t2-,3+,5+,6?,17?/m1/s1. The van der Waals surface area contributed by atoms with E-state index in [9.17, 15) is 24.7 Å². The third-order valence-electron chi connectivity index (χ3n) is 2.29. The van der Waals surface area contributed by atoms with E-state index in [4.69, 9.17) is 10.2 Å². The first-order chi connectivity index (χ1) is 7.67. The number of carbonyl (C=O) groups excluding carboxylic acids is 1. The van der Waals surface area contributed by atoms with Gasteiger partial charge in [0.05, 0.1) is 6.61 Å². The Balaban J connectivity index is 2.32. The zero-order valence-electron chi connectivity index (χ0n) is 8.09. The minimum absolute atomic E-state index is 1.01. The molecule has 3 saturated heterocycles. The SMILES string of the molecule is O=C1C2(O)OP(=O)(O2)O[C@@]1(O)[C@@H](O)[C@H](O)CO. The predicted molar refractivity (Wildman–Crippen MR) is 44.9 cm³/mol. The fourth-order valence-corrected chi connectivity index (χ4v) is 2.81. The maximum Gasteiger partial charge on any atom is 0.487 e. The second-order valence-electron chi connectivity index (χ2n) is 3.52. The average molecular weight is 272 g/mol. The van der Waals surface area contributed by atoms with Gasteiger partial charge in [0.25, 0.3) is 11.6 Å². The van der Waals surface area contributed by atoms with Crippen molar-refractivity contribution >= 4 is 13.6 Å². The number of aliphatic hydroxyl groups is 5. The van der Waals surface area contributed by atoms with Crippen molar-refractivity contribution in [3.05, 3.63) is 0 Å². The molecule has 0 aromatic rings. The Bertz CT molecular complexity index is 398. The lowest BCUT2D eigenvalue weighted by molar-refractivity contribution is -0.379.